The molecule has 0 amide bonds. The predicted molar refractivity (Wildman–Crippen MR) is 115 cm³/mol. The number of hydrogen-bond acceptors (Lipinski definition) is 3. The molecular weight excluding hydrogens is 455 g/mol. The zero-order valence-corrected chi connectivity index (χ0v) is 18.3. The van der Waals surface area contributed by atoms with E-state index < -0.39 is 0 Å². The van der Waals surface area contributed by atoms with Gasteiger partial charge in [0.2, 0.25) is 0 Å². The fourth-order valence-electron chi connectivity index (χ4n) is 2.40. The van der Waals surface area contributed by atoms with Crippen LogP contribution in [0.1, 0.15) is 34.1 Å². The third kappa shape index (κ3) is 5.89. The molecule has 2 aromatic rings. The van der Waals surface area contributed by atoms with E-state index >= 15 is 0 Å². The largest absolute Gasteiger partial charge is 0.356 e. The third-order valence-corrected chi connectivity index (χ3v) is 5.07. The van der Waals surface area contributed by atoms with Crippen LogP contribution in [0.15, 0.2) is 29.3 Å². The molecule has 0 saturated carbocycles. The summed E-state index contributed by atoms with van der Waals surface area (Å²) in [7, 11) is 1.77. The number of nitrogens with zero attached hydrogens (tertiary/aromatic N) is 2. The van der Waals surface area contributed by atoms with Crippen molar-refractivity contribution in [2.75, 3.05) is 13.6 Å². The van der Waals surface area contributed by atoms with Crippen molar-refractivity contribution in [1.82, 2.24) is 15.6 Å². The molecule has 1 unspecified atom stereocenters. The van der Waals surface area contributed by atoms with E-state index in [4.69, 9.17) is 11.6 Å². The number of benzene rings is 1. The maximum Gasteiger partial charge on any atom is 0.191 e. The van der Waals surface area contributed by atoms with Gasteiger partial charge in [0.15, 0.2) is 5.96 Å². The van der Waals surface area contributed by atoms with Gasteiger partial charge < -0.3 is 10.6 Å². The zero-order valence-electron chi connectivity index (χ0n) is 14.4. The number of aromatic nitrogens is 1. The first kappa shape index (κ1) is 21.2. The molecule has 0 aliphatic heterocycles. The first-order valence-electron chi connectivity index (χ1n) is 7.65. The molecule has 7 heteroatoms. The molecule has 2 rings (SSSR count). The number of aliphatic imine (C=N–C) groups is 1. The van der Waals surface area contributed by atoms with Gasteiger partial charge in [0.25, 0.3) is 0 Å². The van der Waals surface area contributed by atoms with Crippen LogP contribution in [0.25, 0.3) is 0 Å². The van der Waals surface area contributed by atoms with Crippen LogP contribution in [0, 0.1) is 13.8 Å². The van der Waals surface area contributed by atoms with Crippen LogP contribution in [0.3, 0.4) is 0 Å². The lowest BCUT2D eigenvalue weighted by Crippen LogP contribution is -2.39. The first-order valence-corrected chi connectivity index (χ1v) is 8.85. The van der Waals surface area contributed by atoms with E-state index in [-0.39, 0.29) is 30.0 Å². The molecule has 1 aromatic carbocycles. The number of thiazole rings is 1. The molecule has 0 aliphatic rings. The average Bonchev–Trinajstić information content (AvgIpc) is 2.84. The fourth-order valence-corrected chi connectivity index (χ4v) is 3.64. The Morgan fingerprint density at radius 3 is 2.62 bits per heavy atom. The zero-order chi connectivity index (χ0) is 16.8. The summed E-state index contributed by atoms with van der Waals surface area (Å²) in [4.78, 5) is 10.1. The molecule has 1 heterocycles. The van der Waals surface area contributed by atoms with Gasteiger partial charge in [-0.15, -0.1) is 35.3 Å². The van der Waals surface area contributed by atoms with E-state index in [1.165, 1.54) is 4.88 Å². The highest BCUT2D eigenvalue weighted by Gasteiger charge is 2.11. The summed E-state index contributed by atoms with van der Waals surface area (Å²) in [5, 5.41) is 8.60. The fraction of sp³-hybridized carbons (Fsp3) is 0.412. The number of hydrogen-bond donors (Lipinski definition) is 2. The predicted octanol–water partition coefficient (Wildman–Crippen LogP) is 4.50. The number of guanidine groups is 1. The minimum atomic E-state index is 0. The average molecular weight is 479 g/mol. The molecule has 4 nitrogen and oxygen atoms in total. The van der Waals surface area contributed by atoms with E-state index in [0.717, 1.165) is 40.2 Å². The molecule has 0 bridgehead atoms. The number of rotatable bonds is 5. The maximum atomic E-state index is 6.24. The van der Waals surface area contributed by atoms with Crippen molar-refractivity contribution in [3.63, 3.8) is 0 Å². The van der Waals surface area contributed by atoms with Crippen LogP contribution < -0.4 is 10.6 Å². The van der Waals surface area contributed by atoms with Crippen LogP contribution in [-0.4, -0.2) is 24.5 Å². The Hall–Kier alpha value is -0.860. The van der Waals surface area contributed by atoms with Gasteiger partial charge in [-0.25, -0.2) is 4.98 Å². The topological polar surface area (TPSA) is 49.3 Å². The lowest BCUT2D eigenvalue weighted by Gasteiger charge is -2.19. The van der Waals surface area contributed by atoms with Crippen LogP contribution >= 0.6 is 46.9 Å². The second-order valence-electron chi connectivity index (χ2n) is 5.38. The molecule has 1 aromatic heterocycles. The maximum absolute atomic E-state index is 6.24. The smallest absolute Gasteiger partial charge is 0.191 e. The minimum absolute atomic E-state index is 0. The second-order valence-corrected chi connectivity index (χ2v) is 7.07. The summed E-state index contributed by atoms with van der Waals surface area (Å²) in [5.41, 5.74) is 2.19. The van der Waals surface area contributed by atoms with E-state index in [2.05, 4.69) is 34.5 Å². The van der Waals surface area contributed by atoms with Crippen LogP contribution in [-0.2, 0) is 6.42 Å². The van der Waals surface area contributed by atoms with Gasteiger partial charge in [-0.05, 0) is 32.4 Å². The Balaban J connectivity index is 0.00000288. The van der Waals surface area contributed by atoms with Gasteiger partial charge in [0.05, 0.1) is 16.7 Å². The van der Waals surface area contributed by atoms with Crippen molar-refractivity contribution in [3.05, 3.63) is 50.4 Å². The Morgan fingerprint density at radius 2 is 2.04 bits per heavy atom. The lowest BCUT2D eigenvalue weighted by molar-refractivity contribution is 0.685. The van der Waals surface area contributed by atoms with E-state index in [1.54, 1.807) is 18.4 Å². The Labute approximate surface area is 170 Å². The quantitative estimate of drug-likeness (QED) is 0.378. The van der Waals surface area contributed by atoms with Gasteiger partial charge in [-0.2, -0.15) is 0 Å². The minimum Gasteiger partial charge on any atom is -0.356 e. The van der Waals surface area contributed by atoms with E-state index in [9.17, 15) is 0 Å². The number of halogens is 2. The van der Waals surface area contributed by atoms with Gasteiger partial charge in [0, 0.05) is 29.9 Å². The number of nitrogens with one attached hydrogen (secondary N) is 2. The summed E-state index contributed by atoms with van der Waals surface area (Å²) in [6, 6.07) is 7.94. The molecule has 0 spiro atoms. The normalized spacial score (nSPS) is 12.5. The van der Waals surface area contributed by atoms with Crippen molar-refractivity contribution in [2.45, 2.75) is 33.2 Å². The molecule has 2 N–H and O–H groups in total. The summed E-state index contributed by atoms with van der Waals surface area (Å²) in [6.07, 6.45) is 0.943. The monoisotopic (exact) mass is 478 g/mol. The van der Waals surface area contributed by atoms with Crippen molar-refractivity contribution in [3.8, 4) is 0 Å². The Bertz CT molecular complexity index is 687. The summed E-state index contributed by atoms with van der Waals surface area (Å²) in [6.45, 7) is 6.99. The van der Waals surface area contributed by atoms with Gasteiger partial charge in [-0.1, -0.05) is 29.8 Å². The van der Waals surface area contributed by atoms with Crippen molar-refractivity contribution in [1.29, 1.82) is 0 Å². The molecular formula is C17H24ClIN4S. The van der Waals surface area contributed by atoms with Crippen molar-refractivity contribution >= 4 is 52.9 Å². The standard InChI is InChI=1S/C17H23ClN4S.HI/c1-11(14-7-5-6-8-15(14)18)22-17(19-4)20-10-9-16-12(2)21-13(3)23-16;/h5-8,11H,9-10H2,1-4H3,(H2,19,20,22);1H. The highest BCUT2D eigenvalue weighted by molar-refractivity contribution is 14.0. The van der Waals surface area contributed by atoms with Gasteiger partial charge in [0.1, 0.15) is 0 Å². The van der Waals surface area contributed by atoms with Crippen LogP contribution in [0.4, 0.5) is 0 Å². The van der Waals surface area contributed by atoms with Gasteiger partial charge >= 0.3 is 0 Å². The van der Waals surface area contributed by atoms with Crippen LogP contribution in [0.5, 0.6) is 0 Å². The lowest BCUT2D eigenvalue weighted by atomic mass is 10.1. The van der Waals surface area contributed by atoms with Gasteiger partial charge in [-0.3, -0.25) is 4.99 Å². The van der Waals surface area contributed by atoms with Crippen molar-refractivity contribution in [2.24, 2.45) is 4.99 Å². The summed E-state index contributed by atoms with van der Waals surface area (Å²) >= 11 is 8.00. The third-order valence-electron chi connectivity index (χ3n) is 3.59. The van der Waals surface area contributed by atoms with Crippen LogP contribution in [0.2, 0.25) is 5.02 Å². The highest BCUT2D eigenvalue weighted by Crippen LogP contribution is 2.22. The molecule has 1 atom stereocenters. The second kappa shape index (κ2) is 10.2. The van der Waals surface area contributed by atoms with Crippen molar-refractivity contribution < 1.29 is 0 Å². The Kier molecular flexibility index (Phi) is 9.01. The first-order chi connectivity index (χ1) is 11.0. The summed E-state index contributed by atoms with van der Waals surface area (Å²) < 4.78 is 0. The summed E-state index contributed by atoms with van der Waals surface area (Å²) in [5.74, 6) is 0.774. The highest BCUT2D eigenvalue weighted by atomic mass is 127. The molecule has 24 heavy (non-hydrogen) atoms. The number of aryl methyl sites for hydroxylation is 2. The molecule has 0 aliphatic carbocycles. The Morgan fingerprint density at radius 1 is 1.33 bits per heavy atom. The van der Waals surface area contributed by atoms with E-state index in [1.807, 2.05) is 31.2 Å². The molecule has 0 radical (unpaired) electrons. The van der Waals surface area contributed by atoms with E-state index in [0.29, 0.717) is 0 Å². The molecule has 132 valence electrons. The SMILES string of the molecule is CN=C(NCCc1sc(C)nc1C)NC(C)c1ccccc1Cl.I. The molecule has 0 fully saturated rings. The molecule has 0 saturated heterocycles.